The normalized spacial score (nSPS) is 13.8. The second-order valence-corrected chi connectivity index (χ2v) is 4.63. The van der Waals surface area contributed by atoms with Crippen LogP contribution in [0, 0.1) is 0 Å². The molecule has 1 N–H and O–H groups in total. The molecule has 0 bridgehead atoms. The molecule has 0 aromatic heterocycles. The zero-order valence-corrected chi connectivity index (χ0v) is 11.3. The molecule has 0 aliphatic heterocycles. The Bertz CT molecular complexity index is 130. The molecule has 0 fully saturated rings. The fourth-order valence-corrected chi connectivity index (χ4v) is 2.25. The van der Waals surface area contributed by atoms with Gasteiger partial charge >= 0.3 is 0 Å². The van der Waals surface area contributed by atoms with Crippen LogP contribution in [0.15, 0.2) is 0 Å². The van der Waals surface area contributed by atoms with Crippen molar-refractivity contribution in [3.63, 3.8) is 0 Å². The Morgan fingerprint density at radius 3 is 2.00 bits per heavy atom. The van der Waals surface area contributed by atoms with Gasteiger partial charge in [0.1, 0.15) is 0 Å². The summed E-state index contributed by atoms with van der Waals surface area (Å²) in [6.07, 6.45) is 5.27. The summed E-state index contributed by atoms with van der Waals surface area (Å²) in [7, 11) is 2.27. The highest BCUT2D eigenvalue weighted by Crippen LogP contribution is 2.11. The van der Waals surface area contributed by atoms with Crippen LogP contribution >= 0.6 is 0 Å². The number of hydrogen-bond donors (Lipinski definition) is 1. The summed E-state index contributed by atoms with van der Waals surface area (Å²) < 4.78 is 0. The van der Waals surface area contributed by atoms with Crippen molar-refractivity contribution in [3.8, 4) is 0 Å². The van der Waals surface area contributed by atoms with Crippen molar-refractivity contribution in [2.24, 2.45) is 0 Å². The van der Waals surface area contributed by atoms with Crippen LogP contribution in [-0.4, -0.2) is 37.1 Å². The number of hydrogen-bond acceptors (Lipinski definition) is 2. The summed E-state index contributed by atoms with van der Waals surface area (Å²) in [5.41, 5.74) is 0. The first-order chi connectivity index (χ1) is 7.15. The van der Waals surface area contributed by atoms with Crippen LogP contribution in [-0.2, 0) is 0 Å². The maximum Gasteiger partial charge on any atom is 0.0166 e. The zero-order valence-electron chi connectivity index (χ0n) is 11.3. The number of rotatable bonds is 9. The third-order valence-corrected chi connectivity index (χ3v) is 2.98. The minimum atomic E-state index is 0.608. The van der Waals surface area contributed by atoms with Crippen LogP contribution in [0.1, 0.15) is 53.4 Å². The molecule has 1 unspecified atom stereocenters. The van der Waals surface area contributed by atoms with E-state index in [4.69, 9.17) is 0 Å². The van der Waals surface area contributed by atoms with Gasteiger partial charge < -0.3 is 10.2 Å². The highest BCUT2D eigenvalue weighted by atomic mass is 15.1. The van der Waals surface area contributed by atoms with E-state index < -0.39 is 0 Å². The SMILES string of the molecule is CCCC(CCC)N(C)CC(C)NCC. The Kier molecular flexibility index (Phi) is 9.12. The Hall–Kier alpha value is -0.0800. The van der Waals surface area contributed by atoms with Gasteiger partial charge in [0.2, 0.25) is 0 Å². The van der Waals surface area contributed by atoms with Crippen molar-refractivity contribution in [1.82, 2.24) is 10.2 Å². The Balaban J connectivity index is 3.93. The van der Waals surface area contributed by atoms with Crippen molar-refractivity contribution in [2.75, 3.05) is 20.1 Å². The van der Waals surface area contributed by atoms with Crippen molar-refractivity contribution >= 4 is 0 Å². The highest BCUT2D eigenvalue weighted by molar-refractivity contribution is 4.72. The molecule has 0 heterocycles. The van der Waals surface area contributed by atoms with Gasteiger partial charge in [0.05, 0.1) is 0 Å². The van der Waals surface area contributed by atoms with E-state index in [-0.39, 0.29) is 0 Å². The summed E-state index contributed by atoms with van der Waals surface area (Å²) in [5.74, 6) is 0. The molecular formula is C13H30N2. The van der Waals surface area contributed by atoms with E-state index in [2.05, 4.69) is 45.0 Å². The number of nitrogens with one attached hydrogen (secondary N) is 1. The maximum atomic E-state index is 3.47. The van der Waals surface area contributed by atoms with Crippen molar-refractivity contribution in [2.45, 2.75) is 65.5 Å². The molecule has 0 aromatic carbocycles. The topological polar surface area (TPSA) is 15.3 Å². The zero-order chi connectivity index (χ0) is 11.7. The van der Waals surface area contributed by atoms with Crippen LogP contribution in [0.5, 0.6) is 0 Å². The molecule has 0 spiro atoms. The van der Waals surface area contributed by atoms with Gasteiger partial charge in [0.25, 0.3) is 0 Å². The van der Waals surface area contributed by atoms with E-state index in [1.54, 1.807) is 0 Å². The molecule has 0 saturated carbocycles. The molecule has 2 nitrogen and oxygen atoms in total. The molecule has 92 valence electrons. The first kappa shape index (κ1) is 14.9. The van der Waals surface area contributed by atoms with Crippen molar-refractivity contribution in [1.29, 1.82) is 0 Å². The highest BCUT2D eigenvalue weighted by Gasteiger charge is 2.14. The standard InChI is InChI=1S/C13H30N2/c1-6-9-13(10-7-2)15(5)11-12(4)14-8-3/h12-14H,6-11H2,1-5H3. The Morgan fingerprint density at radius 1 is 1.07 bits per heavy atom. The smallest absolute Gasteiger partial charge is 0.0166 e. The third-order valence-electron chi connectivity index (χ3n) is 2.98. The van der Waals surface area contributed by atoms with E-state index in [1.807, 2.05) is 0 Å². The van der Waals surface area contributed by atoms with Crippen LogP contribution in [0.25, 0.3) is 0 Å². The fourth-order valence-electron chi connectivity index (χ4n) is 2.25. The maximum absolute atomic E-state index is 3.47. The number of nitrogens with zero attached hydrogens (tertiary/aromatic N) is 1. The molecule has 0 saturated heterocycles. The lowest BCUT2D eigenvalue weighted by molar-refractivity contribution is 0.199. The minimum absolute atomic E-state index is 0.608. The third kappa shape index (κ3) is 6.91. The largest absolute Gasteiger partial charge is 0.313 e. The number of likely N-dealkylation sites (N-methyl/N-ethyl adjacent to an activating group) is 2. The lowest BCUT2D eigenvalue weighted by atomic mass is 10.0. The molecule has 0 aliphatic carbocycles. The van der Waals surface area contributed by atoms with E-state index in [0.29, 0.717) is 6.04 Å². The van der Waals surface area contributed by atoms with Gasteiger partial charge in [-0.1, -0.05) is 33.6 Å². The minimum Gasteiger partial charge on any atom is -0.313 e. The molecule has 0 aliphatic rings. The molecule has 0 radical (unpaired) electrons. The Labute approximate surface area is 96.4 Å². The molecule has 1 atom stereocenters. The van der Waals surface area contributed by atoms with Crippen LogP contribution in [0.2, 0.25) is 0 Å². The van der Waals surface area contributed by atoms with Gasteiger partial charge in [0, 0.05) is 18.6 Å². The van der Waals surface area contributed by atoms with Gasteiger partial charge in [-0.3, -0.25) is 0 Å². The Morgan fingerprint density at radius 2 is 1.60 bits per heavy atom. The quantitative estimate of drug-likeness (QED) is 0.635. The van der Waals surface area contributed by atoms with Crippen molar-refractivity contribution < 1.29 is 0 Å². The predicted octanol–water partition coefficient (Wildman–Crippen LogP) is 2.89. The molecule has 0 aromatic rings. The summed E-state index contributed by atoms with van der Waals surface area (Å²) in [6.45, 7) is 11.2. The second kappa shape index (κ2) is 9.17. The lowest BCUT2D eigenvalue weighted by Gasteiger charge is -2.30. The van der Waals surface area contributed by atoms with E-state index in [0.717, 1.165) is 12.6 Å². The van der Waals surface area contributed by atoms with Gasteiger partial charge in [0.15, 0.2) is 0 Å². The first-order valence-corrected chi connectivity index (χ1v) is 6.59. The predicted molar refractivity (Wildman–Crippen MR) is 69.4 cm³/mol. The summed E-state index contributed by atoms with van der Waals surface area (Å²) >= 11 is 0. The first-order valence-electron chi connectivity index (χ1n) is 6.59. The monoisotopic (exact) mass is 214 g/mol. The lowest BCUT2D eigenvalue weighted by Crippen LogP contribution is -2.42. The second-order valence-electron chi connectivity index (χ2n) is 4.63. The van der Waals surface area contributed by atoms with Gasteiger partial charge in [-0.05, 0) is 33.4 Å². The van der Waals surface area contributed by atoms with E-state index in [1.165, 1.54) is 32.2 Å². The van der Waals surface area contributed by atoms with Crippen LogP contribution in [0.4, 0.5) is 0 Å². The summed E-state index contributed by atoms with van der Waals surface area (Å²) in [4.78, 5) is 2.53. The van der Waals surface area contributed by atoms with Gasteiger partial charge in [-0.25, -0.2) is 0 Å². The summed E-state index contributed by atoms with van der Waals surface area (Å²) in [6, 6.07) is 1.39. The van der Waals surface area contributed by atoms with Gasteiger partial charge in [-0.15, -0.1) is 0 Å². The van der Waals surface area contributed by atoms with E-state index >= 15 is 0 Å². The van der Waals surface area contributed by atoms with Gasteiger partial charge in [-0.2, -0.15) is 0 Å². The van der Waals surface area contributed by atoms with E-state index in [9.17, 15) is 0 Å². The van der Waals surface area contributed by atoms with Crippen molar-refractivity contribution in [3.05, 3.63) is 0 Å². The molecule has 0 rings (SSSR count). The molecular weight excluding hydrogens is 184 g/mol. The summed E-state index contributed by atoms with van der Waals surface area (Å²) in [5, 5.41) is 3.47. The molecule has 2 heteroatoms. The van der Waals surface area contributed by atoms with Crippen LogP contribution in [0.3, 0.4) is 0 Å². The molecule has 0 amide bonds. The fraction of sp³-hybridized carbons (Fsp3) is 1.00. The average Bonchev–Trinajstić information content (AvgIpc) is 2.17. The van der Waals surface area contributed by atoms with Crippen LogP contribution < -0.4 is 5.32 Å². The molecule has 15 heavy (non-hydrogen) atoms. The average molecular weight is 214 g/mol.